The van der Waals surface area contributed by atoms with Gasteiger partial charge in [-0.1, -0.05) is 18.2 Å². The van der Waals surface area contributed by atoms with E-state index in [2.05, 4.69) is 0 Å². The summed E-state index contributed by atoms with van der Waals surface area (Å²) in [7, 11) is 0. The van der Waals surface area contributed by atoms with Crippen LogP contribution in [-0.4, -0.2) is 6.26 Å². The lowest BCUT2D eigenvalue weighted by Crippen LogP contribution is -1.80. The second kappa shape index (κ2) is 4.68. The van der Waals surface area contributed by atoms with Crippen LogP contribution >= 0.6 is 11.8 Å². The van der Waals surface area contributed by atoms with Crippen molar-refractivity contribution < 1.29 is 4.39 Å². The fourth-order valence-corrected chi connectivity index (χ4v) is 1.21. The Morgan fingerprint density at radius 2 is 2.23 bits per heavy atom. The van der Waals surface area contributed by atoms with Gasteiger partial charge in [-0.15, -0.1) is 11.8 Å². The van der Waals surface area contributed by atoms with Crippen molar-refractivity contribution in [3.63, 3.8) is 0 Å². The fourth-order valence-electron chi connectivity index (χ4n) is 0.870. The largest absolute Gasteiger partial charge is 0.206 e. The van der Waals surface area contributed by atoms with Gasteiger partial charge in [0.1, 0.15) is 11.9 Å². The zero-order chi connectivity index (χ0) is 9.68. The van der Waals surface area contributed by atoms with Gasteiger partial charge in [0.2, 0.25) is 0 Å². The normalized spacial score (nSPS) is 11.0. The number of hydrogen-bond acceptors (Lipinski definition) is 2. The van der Waals surface area contributed by atoms with Crippen LogP contribution in [0.2, 0.25) is 0 Å². The topological polar surface area (TPSA) is 23.8 Å². The van der Waals surface area contributed by atoms with E-state index in [1.807, 2.05) is 6.07 Å². The average Bonchev–Trinajstić information content (AvgIpc) is 2.17. The molecular formula is C10H8FNS. The molecule has 0 fully saturated rings. The first-order valence-corrected chi connectivity index (χ1v) is 4.90. The molecule has 0 spiro atoms. The zero-order valence-electron chi connectivity index (χ0n) is 7.12. The Hall–Kier alpha value is -1.27. The number of allylic oxidation sites excluding steroid dienone is 1. The summed E-state index contributed by atoms with van der Waals surface area (Å²) >= 11 is 1.31. The van der Waals surface area contributed by atoms with Crippen LogP contribution in [0.15, 0.2) is 29.2 Å². The van der Waals surface area contributed by atoms with Crippen molar-refractivity contribution in [2.45, 2.75) is 0 Å². The van der Waals surface area contributed by atoms with E-state index in [-0.39, 0.29) is 5.82 Å². The minimum Gasteiger partial charge on any atom is -0.206 e. The summed E-state index contributed by atoms with van der Waals surface area (Å²) in [5.41, 5.74) is 0.452. The van der Waals surface area contributed by atoms with Crippen molar-refractivity contribution in [3.05, 3.63) is 40.6 Å². The number of thioether (sulfide) groups is 1. The minimum absolute atomic E-state index is 0.302. The highest BCUT2D eigenvalue weighted by atomic mass is 32.2. The number of halogens is 1. The molecule has 0 N–H and O–H groups in total. The van der Waals surface area contributed by atoms with Gasteiger partial charge in [0.15, 0.2) is 0 Å². The molecular weight excluding hydrogens is 185 g/mol. The molecule has 3 heteroatoms. The smallest absolute Gasteiger partial charge is 0.130 e. The Kier molecular flexibility index (Phi) is 3.53. The molecule has 0 amide bonds. The number of nitrogens with zero attached hydrogens (tertiary/aromatic N) is 1. The molecule has 0 saturated heterocycles. The number of hydrogen-bond donors (Lipinski definition) is 0. The summed E-state index contributed by atoms with van der Waals surface area (Å²) in [6.45, 7) is 0. The lowest BCUT2D eigenvalue weighted by atomic mass is 10.2. The number of benzene rings is 1. The first-order chi connectivity index (χ1) is 6.27. The van der Waals surface area contributed by atoms with Crippen LogP contribution in [-0.2, 0) is 0 Å². The molecule has 66 valence electrons. The van der Waals surface area contributed by atoms with Crippen molar-refractivity contribution in [3.8, 4) is 6.07 Å². The molecule has 0 atom stereocenters. The molecule has 1 rings (SSSR count). The molecule has 0 aliphatic carbocycles. The van der Waals surface area contributed by atoms with Gasteiger partial charge < -0.3 is 0 Å². The highest BCUT2D eigenvalue weighted by molar-refractivity contribution is 8.02. The molecule has 0 aromatic heterocycles. The van der Waals surface area contributed by atoms with Crippen molar-refractivity contribution >= 4 is 17.8 Å². The van der Waals surface area contributed by atoms with E-state index in [1.165, 1.54) is 17.8 Å². The SMILES string of the molecule is CS/C(C#N)=C\c1ccccc1F. The van der Waals surface area contributed by atoms with E-state index >= 15 is 0 Å². The van der Waals surface area contributed by atoms with E-state index in [1.54, 1.807) is 30.5 Å². The molecule has 0 saturated carbocycles. The molecule has 0 unspecified atom stereocenters. The molecule has 0 aliphatic rings. The quantitative estimate of drug-likeness (QED) is 0.674. The summed E-state index contributed by atoms with van der Waals surface area (Å²) in [6, 6.07) is 8.37. The standard InChI is InChI=1S/C10H8FNS/c1-13-9(7-12)6-8-4-2-3-5-10(8)11/h2-6H,1H3/b9-6-. The average molecular weight is 193 g/mol. The summed E-state index contributed by atoms with van der Waals surface area (Å²) < 4.78 is 13.1. The van der Waals surface area contributed by atoms with Crippen LogP contribution in [0.4, 0.5) is 4.39 Å². The van der Waals surface area contributed by atoms with E-state index in [0.717, 1.165) is 0 Å². The van der Waals surface area contributed by atoms with Crippen LogP contribution in [0.3, 0.4) is 0 Å². The molecule has 13 heavy (non-hydrogen) atoms. The van der Waals surface area contributed by atoms with Gasteiger partial charge in [-0.05, 0) is 18.4 Å². The third kappa shape index (κ3) is 2.60. The van der Waals surface area contributed by atoms with Crippen molar-refractivity contribution in [1.82, 2.24) is 0 Å². The Morgan fingerprint density at radius 3 is 2.77 bits per heavy atom. The monoisotopic (exact) mass is 193 g/mol. The molecule has 1 aromatic rings. The van der Waals surface area contributed by atoms with Gasteiger partial charge in [0, 0.05) is 5.56 Å². The highest BCUT2D eigenvalue weighted by Gasteiger charge is 1.98. The Morgan fingerprint density at radius 1 is 1.54 bits per heavy atom. The Balaban J connectivity index is 3.04. The van der Waals surface area contributed by atoms with Crippen molar-refractivity contribution in [2.24, 2.45) is 0 Å². The van der Waals surface area contributed by atoms with E-state index < -0.39 is 0 Å². The second-order valence-electron chi connectivity index (χ2n) is 2.35. The molecule has 1 aromatic carbocycles. The van der Waals surface area contributed by atoms with Gasteiger partial charge >= 0.3 is 0 Å². The molecule has 0 bridgehead atoms. The van der Waals surface area contributed by atoms with Crippen LogP contribution in [0, 0.1) is 17.1 Å². The summed E-state index contributed by atoms with van der Waals surface area (Å²) in [5.74, 6) is -0.302. The van der Waals surface area contributed by atoms with Gasteiger partial charge in [-0.3, -0.25) is 0 Å². The van der Waals surface area contributed by atoms with Crippen molar-refractivity contribution in [1.29, 1.82) is 5.26 Å². The van der Waals surface area contributed by atoms with Crippen LogP contribution < -0.4 is 0 Å². The van der Waals surface area contributed by atoms with Crippen LogP contribution in [0.5, 0.6) is 0 Å². The summed E-state index contributed by atoms with van der Waals surface area (Å²) in [6.07, 6.45) is 3.33. The maximum absolute atomic E-state index is 13.1. The van der Waals surface area contributed by atoms with Gasteiger partial charge in [-0.2, -0.15) is 5.26 Å². The van der Waals surface area contributed by atoms with Gasteiger partial charge in [-0.25, -0.2) is 4.39 Å². The Labute approximate surface area is 80.9 Å². The summed E-state index contributed by atoms with van der Waals surface area (Å²) in [4.78, 5) is 0.505. The summed E-state index contributed by atoms with van der Waals surface area (Å²) in [5, 5.41) is 8.62. The van der Waals surface area contributed by atoms with Crippen molar-refractivity contribution in [2.75, 3.05) is 6.26 Å². The predicted molar refractivity (Wildman–Crippen MR) is 53.5 cm³/mol. The predicted octanol–water partition coefficient (Wildman–Crippen LogP) is 3.05. The van der Waals surface area contributed by atoms with Crippen LogP contribution in [0.25, 0.3) is 6.08 Å². The van der Waals surface area contributed by atoms with E-state index in [0.29, 0.717) is 10.5 Å². The second-order valence-corrected chi connectivity index (χ2v) is 3.19. The Bertz CT molecular complexity index is 365. The van der Waals surface area contributed by atoms with Crippen LogP contribution in [0.1, 0.15) is 5.56 Å². The first-order valence-electron chi connectivity index (χ1n) is 3.68. The van der Waals surface area contributed by atoms with Gasteiger partial charge in [0.25, 0.3) is 0 Å². The first kappa shape index (κ1) is 9.82. The minimum atomic E-state index is -0.302. The number of nitriles is 1. The molecule has 1 nitrogen and oxygen atoms in total. The van der Waals surface area contributed by atoms with E-state index in [4.69, 9.17) is 5.26 Å². The van der Waals surface area contributed by atoms with E-state index in [9.17, 15) is 4.39 Å². The molecule has 0 radical (unpaired) electrons. The maximum Gasteiger partial charge on any atom is 0.130 e. The number of rotatable bonds is 2. The highest BCUT2D eigenvalue weighted by Crippen LogP contribution is 2.17. The third-order valence-corrected chi connectivity index (χ3v) is 2.17. The maximum atomic E-state index is 13.1. The zero-order valence-corrected chi connectivity index (χ0v) is 7.94. The van der Waals surface area contributed by atoms with Gasteiger partial charge in [0.05, 0.1) is 4.91 Å². The lowest BCUT2D eigenvalue weighted by molar-refractivity contribution is 0.625. The fraction of sp³-hybridized carbons (Fsp3) is 0.100. The molecule has 0 heterocycles. The lowest BCUT2D eigenvalue weighted by Gasteiger charge is -1.96. The third-order valence-electron chi connectivity index (χ3n) is 1.52. The molecule has 0 aliphatic heterocycles.